The molecule has 2 heteroatoms. The van der Waals surface area contributed by atoms with Crippen molar-refractivity contribution < 1.29 is 0 Å². The molecule has 0 spiro atoms. The molecule has 0 saturated heterocycles. The molecule has 0 aromatic carbocycles. The van der Waals surface area contributed by atoms with Crippen LogP contribution in [-0.4, -0.2) is 13.8 Å². The Balaban J connectivity index is 2.91. The van der Waals surface area contributed by atoms with E-state index in [0.717, 1.165) is 29.2 Å². The van der Waals surface area contributed by atoms with Crippen LogP contribution >= 0.6 is 0 Å². The van der Waals surface area contributed by atoms with Crippen molar-refractivity contribution in [2.24, 2.45) is 23.7 Å². The first-order valence-corrected chi connectivity index (χ1v) is 10.3. The van der Waals surface area contributed by atoms with E-state index >= 15 is 0 Å². The van der Waals surface area contributed by atoms with Crippen molar-refractivity contribution >= 4 is 8.24 Å². The Labute approximate surface area is 110 Å². The van der Waals surface area contributed by atoms with Crippen molar-refractivity contribution in [3.63, 3.8) is 0 Å². The Morgan fingerprint density at radius 3 is 1.41 bits per heavy atom. The van der Waals surface area contributed by atoms with Crippen molar-refractivity contribution in [3.05, 3.63) is 0 Å². The Bertz CT molecular complexity index is 253. The molecule has 1 aliphatic rings. The van der Waals surface area contributed by atoms with Gasteiger partial charge >= 0.3 is 0 Å². The quantitative estimate of drug-likeness (QED) is 0.716. The van der Waals surface area contributed by atoms with Crippen LogP contribution in [0, 0.1) is 23.7 Å². The summed E-state index contributed by atoms with van der Waals surface area (Å²) in [5, 5.41) is 0. The molecule has 0 aromatic rings. The van der Waals surface area contributed by atoms with E-state index in [2.05, 4.69) is 66.5 Å². The van der Waals surface area contributed by atoms with Gasteiger partial charge in [-0.2, -0.15) is 0 Å². The standard InChI is InChI=1S/C15H33NSi/c1-10-11(2)13(4)14(12(10)3)17(8,9)16-15(5,6)7/h10-14,16H,1-9H3/t10?,11?,12-,13?,14?/m0/s1. The van der Waals surface area contributed by atoms with Gasteiger partial charge in [-0.3, -0.25) is 0 Å². The van der Waals surface area contributed by atoms with Gasteiger partial charge in [0, 0.05) is 5.54 Å². The molecule has 1 aliphatic carbocycles. The summed E-state index contributed by atoms with van der Waals surface area (Å²) in [7, 11) is -1.37. The first kappa shape index (κ1) is 15.2. The van der Waals surface area contributed by atoms with Crippen molar-refractivity contribution in [2.45, 2.75) is 72.6 Å². The molecule has 0 aromatic heterocycles. The van der Waals surface area contributed by atoms with Gasteiger partial charge in [0.2, 0.25) is 0 Å². The molecule has 1 fully saturated rings. The van der Waals surface area contributed by atoms with Gasteiger partial charge < -0.3 is 4.98 Å². The van der Waals surface area contributed by atoms with E-state index in [1.54, 1.807) is 0 Å². The third-order valence-electron chi connectivity index (χ3n) is 5.15. The van der Waals surface area contributed by atoms with Gasteiger partial charge in [-0.25, -0.2) is 0 Å². The zero-order chi connectivity index (χ0) is 13.6. The SMILES string of the molecule is CC1C(C)C([Si](C)(C)NC(C)(C)C)[C@@H](C)C1C. The zero-order valence-corrected chi connectivity index (χ0v) is 14.4. The average Bonchev–Trinajstić information content (AvgIpc) is 2.27. The summed E-state index contributed by atoms with van der Waals surface area (Å²) < 4.78 is 0. The van der Waals surface area contributed by atoms with Crippen LogP contribution in [0.5, 0.6) is 0 Å². The average molecular weight is 256 g/mol. The van der Waals surface area contributed by atoms with Crippen LogP contribution in [0.2, 0.25) is 18.6 Å². The summed E-state index contributed by atoms with van der Waals surface area (Å²) in [6.45, 7) is 21.8. The zero-order valence-electron chi connectivity index (χ0n) is 13.4. The summed E-state index contributed by atoms with van der Waals surface area (Å²) in [5.74, 6) is 3.50. The van der Waals surface area contributed by atoms with Gasteiger partial charge in [0.05, 0.1) is 0 Å². The molecule has 0 aliphatic heterocycles. The predicted octanol–water partition coefficient (Wildman–Crippen LogP) is 4.51. The molecule has 102 valence electrons. The van der Waals surface area contributed by atoms with Crippen molar-refractivity contribution in [1.82, 2.24) is 4.98 Å². The summed E-state index contributed by atoms with van der Waals surface area (Å²) in [5.41, 5.74) is 1.16. The van der Waals surface area contributed by atoms with E-state index in [-0.39, 0.29) is 5.54 Å². The minimum absolute atomic E-state index is 0.254. The number of nitrogens with one attached hydrogen (secondary N) is 1. The topological polar surface area (TPSA) is 12.0 Å². The third-order valence-corrected chi connectivity index (χ3v) is 9.26. The molecular weight excluding hydrogens is 222 g/mol. The molecule has 0 radical (unpaired) electrons. The lowest BCUT2D eigenvalue weighted by molar-refractivity contribution is 0.352. The molecule has 0 heterocycles. The van der Waals surface area contributed by atoms with Crippen LogP contribution < -0.4 is 4.98 Å². The molecule has 4 unspecified atom stereocenters. The predicted molar refractivity (Wildman–Crippen MR) is 80.8 cm³/mol. The fourth-order valence-electron chi connectivity index (χ4n) is 4.45. The monoisotopic (exact) mass is 255 g/mol. The summed E-state index contributed by atoms with van der Waals surface area (Å²) in [4.78, 5) is 3.98. The first-order valence-electron chi connectivity index (χ1n) is 7.26. The smallest absolute Gasteiger partial charge is 0.123 e. The molecular formula is C15H33NSi. The Morgan fingerprint density at radius 2 is 1.12 bits per heavy atom. The highest BCUT2D eigenvalue weighted by atomic mass is 28.3. The lowest BCUT2D eigenvalue weighted by Crippen LogP contribution is -2.58. The summed E-state index contributed by atoms with van der Waals surface area (Å²) in [6, 6.07) is 0. The lowest BCUT2D eigenvalue weighted by Gasteiger charge is -2.41. The van der Waals surface area contributed by atoms with Crippen LogP contribution in [0.3, 0.4) is 0 Å². The van der Waals surface area contributed by atoms with E-state index in [9.17, 15) is 0 Å². The van der Waals surface area contributed by atoms with E-state index in [1.165, 1.54) is 0 Å². The largest absolute Gasteiger partial charge is 0.332 e. The van der Waals surface area contributed by atoms with Gasteiger partial charge in [-0.15, -0.1) is 0 Å². The van der Waals surface area contributed by atoms with Crippen LogP contribution in [0.4, 0.5) is 0 Å². The van der Waals surface area contributed by atoms with Crippen LogP contribution in [0.1, 0.15) is 48.5 Å². The molecule has 1 nitrogen and oxygen atoms in total. The fourth-order valence-corrected chi connectivity index (χ4v) is 9.79. The molecule has 1 saturated carbocycles. The maximum Gasteiger partial charge on any atom is 0.123 e. The molecule has 5 atom stereocenters. The van der Waals surface area contributed by atoms with Crippen LogP contribution in [0.15, 0.2) is 0 Å². The molecule has 17 heavy (non-hydrogen) atoms. The molecule has 1 N–H and O–H groups in total. The maximum absolute atomic E-state index is 3.98. The third kappa shape index (κ3) is 3.14. The van der Waals surface area contributed by atoms with E-state index in [4.69, 9.17) is 0 Å². The second-order valence-electron chi connectivity index (χ2n) is 8.06. The highest BCUT2D eigenvalue weighted by Crippen LogP contribution is 2.53. The van der Waals surface area contributed by atoms with E-state index < -0.39 is 8.24 Å². The minimum Gasteiger partial charge on any atom is -0.332 e. The molecule has 0 amide bonds. The normalized spacial score (nSPS) is 39.7. The minimum atomic E-state index is -1.37. The van der Waals surface area contributed by atoms with Crippen LogP contribution in [0.25, 0.3) is 0 Å². The van der Waals surface area contributed by atoms with Crippen molar-refractivity contribution in [1.29, 1.82) is 0 Å². The Morgan fingerprint density at radius 1 is 0.765 bits per heavy atom. The lowest BCUT2D eigenvalue weighted by atomic mass is 9.92. The van der Waals surface area contributed by atoms with Crippen LogP contribution in [-0.2, 0) is 0 Å². The highest BCUT2D eigenvalue weighted by Gasteiger charge is 2.50. The number of hydrogen-bond donors (Lipinski definition) is 1. The van der Waals surface area contributed by atoms with Gasteiger partial charge in [0.15, 0.2) is 0 Å². The first-order chi connectivity index (χ1) is 7.47. The van der Waals surface area contributed by atoms with E-state index in [1.807, 2.05) is 0 Å². The number of rotatable bonds is 2. The summed E-state index contributed by atoms with van der Waals surface area (Å²) >= 11 is 0. The van der Waals surface area contributed by atoms with Gasteiger partial charge in [0.25, 0.3) is 0 Å². The summed E-state index contributed by atoms with van der Waals surface area (Å²) in [6.07, 6.45) is 0. The van der Waals surface area contributed by atoms with Gasteiger partial charge in [0.1, 0.15) is 8.24 Å². The molecule has 0 bridgehead atoms. The number of hydrogen-bond acceptors (Lipinski definition) is 1. The van der Waals surface area contributed by atoms with Crippen molar-refractivity contribution in [2.75, 3.05) is 0 Å². The maximum atomic E-state index is 3.98. The Hall–Kier alpha value is 0.177. The van der Waals surface area contributed by atoms with Gasteiger partial charge in [-0.1, -0.05) is 40.8 Å². The van der Waals surface area contributed by atoms with Gasteiger partial charge in [-0.05, 0) is 50.0 Å². The van der Waals surface area contributed by atoms with E-state index in [0.29, 0.717) is 0 Å². The Kier molecular flexibility index (Phi) is 4.21. The second-order valence-corrected chi connectivity index (χ2v) is 12.4. The second kappa shape index (κ2) is 4.69. The van der Waals surface area contributed by atoms with Crippen molar-refractivity contribution in [3.8, 4) is 0 Å². The fraction of sp³-hybridized carbons (Fsp3) is 1.00. The molecule has 1 rings (SSSR count). The highest BCUT2D eigenvalue weighted by molar-refractivity contribution is 6.76.